The number of pyridine rings is 1. The summed E-state index contributed by atoms with van der Waals surface area (Å²) in [6.45, 7) is 2.96. The zero-order valence-corrected chi connectivity index (χ0v) is 11.7. The summed E-state index contributed by atoms with van der Waals surface area (Å²) in [5, 5.41) is 11.6. The average molecular weight is 273 g/mol. The molecule has 6 nitrogen and oxygen atoms in total. The Bertz CT molecular complexity index is 544. The molecule has 106 valence electrons. The molecule has 0 aromatic carbocycles. The zero-order valence-electron chi connectivity index (χ0n) is 11.7. The van der Waals surface area contributed by atoms with Crippen LogP contribution in [-0.2, 0) is 0 Å². The molecule has 20 heavy (non-hydrogen) atoms. The predicted molar refractivity (Wildman–Crippen MR) is 77.4 cm³/mol. The molecule has 0 saturated heterocycles. The summed E-state index contributed by atoms with van der Waals surface area (Å²) in [4.78, 5) is 4.14. The minimum atomic E-state index is -0.123. The van der Waals surface area contributed by atoms with Crippen molar-refractivity contribution in [2.45, 2.75) is 19.4 Å². The summed E-state index contributed by atoms with van der Waals surface area (Å²) in [6, 6.07) is 5.33. The van der Waals surface area contributed by atoms with E-state index < -0.39 is 0 Å². The van der Waals surface area contributed by atoms with Gasteiger partial charge in [-0.2, -0.15) is 0 Å². The Morgan fingerprint density at radius 3 is 2.75 bits per heavy atom. The first-order chi connectivity index (χ1) is 9.76. The molecule has 0 spiro atoms. The third kappa shape index (κ3) is 3.21. The van der Waals surface area contributed by atoms with Gasteiger partial charge < -0.3 is 15.8 Å². The molecular weight excluding hydrogens is 254 g/mol. The minimum Gasteiger partial charge on any atom is -0.480 e. The number of methoxy groups -OCH3 is 1. The van der Waals surface area contributed by atoms with Gasteiger partial charge in [0.05, 0.1) is 18.8 Å². The van der Waals surface area contributed by atoms with Gasteiger partial charge >= 0.3 is 0 Å². The van der Waals surface area contributed by atoms with E-state index in [-0.39, 0.29) is 6.04 Å². The first-order valence-electron chi connectivity index (χ1n) is 6.56. The van der Waals surface area contributed by atoms with E-state index in [1.54, 1.807) is 31.6 Å². The fraction of sp³-hybridized carbons (Fsp3) is 0.357. The number of rotatable bonds is 6. The van der Waals surface area contributed by atoms with E-state index >= 15 is 0 Å². The Morgan fingerprint density at radius 2 is 2.15 bits per heavy atom. The van der Waals surface area contributed by atoms with Crippen molar-refractivity contribution in [3.63, 3.8) is 0 Å². The Hall–Kier alpha value is -2.21. The number of nitrogens with zero attached hydrogens (tertiary/aromatic N) is 3. The average Bonchev–Trinajstić information content (AvgIpc) is 2.50. The lowest BCUT2D eigenvalue weighted by Gasteiger charge is -2.19. The molecule has 1 unspecified atom stereocenters. The molecule has 2 aromatic rings. The number of anilines is 1. The van der Waals surface area contributed by atoms with Gasteiger partial charge in [0.25, 0.3) is 0 Å². The van der Waals surface area contributed by atoms with Crippen LogP contribution >= 0.6 is 0 Å². The van der Waals surface area contributed by atoms with Crippen molar-refractivity contribution in [1.29, 1.82) is 0 Å². The first-order valence-corrected chi connectivity index (χ1v) is 6.56. The summed E-state index contributed by atoms with van der Waals surface area (Å²) >= 11 is 0. The maximum absolute atomic E-state index is 6.03. The second kappa shape index (κ2) is 6.81. The van der Waals surface area contributed by atoms with Gasteiger partial charge in [-0.25, -0.2) is 0 Å². The quantitative estimate of drug-likeness (QED) is 0.830. The van der Waals surface area contributed by atoms with Crippen molar-refractivity contribution < 1.29 is 4.74 Å². The summed E-state index contributed by atoms with van der Waals surface area (Å²) in [5.74, 6) is 0.488. The lowest BCUT2D eigenvalue weighted by atomic mass is 10.0. The van der Waals surface area contributed by atoms with Crippen molar-refractivity contribution in [3.05, 3.63) is 41.9 Å². The molecule has 0 aliphatic heterocycles. The van der Waals surface area contributed by atoms with Gasteiger partial charge in [0.2, 0.25) is 5.88 Å². The molecule has 0 saturated carbocycles. The Kier molecular flexibility index (Phi) is 4.84. The highest BCUT2D eigenvalue weighted by atomic mass is 16.5. The number of nitrogens with two attached hydrogens (primary N) is 1. The minimum absolute atomic E-state index is 0.123. The van der Waals surface area contributed by atoms with Crippen LogP contribution in [0.3, 0.4) is 0 Å². The fourth-order valence-corrected chi connectivity index (χ4v) is 1.91. The van der Waals surface area contributed by atoms with Crippen LogP contribution < -0.4 is 15.8 Å². The van der Waals surface area contributed by atoms with E-state index in [0.29, 0.717) is 11.6 Å². The highest BCUT2D eigenvalue weighted by molar-refractivity contribution is 5.48. The number of aromatic nitrogens is 3. The monoisotopic (exact) mass is 273 g/mol. The number of nitrogens with one attached hydrogen (secondary N) is 1. The summed E-state index contributed by atoms with van der Waals surface area (Å²) in [6.07, 6.45) is 4.45. The molecule has 0 fully saturated rings. The topological polar surface area (TPSA) is 86.0 Å². The van der Waals surface area contributed by atoms with E-state index in [4.69, 9.17) is 10.5 Å². The second-order valence-corrected chi connectivity index (χ2v) is 4.39. The van der Waals surface area contributed by atoms with Crippen LogP contribution in [0.15, 0.2) is 30.6 Å². The lowest BCUT2D eigenvalue weighted by molar-refractivity contribution is 0.390. The third-order valence-corrected chi connectivity index (χ3v) is 2.96. The number of hydrogen-bond acceptors (Lipinski definition) is 6. The van der Waals surface area contributed by atoms with E-state index in [2.05, 4.69) is 27.4 Å². The molecule has 0 bridgehead atoms. The number of hydrogen-bond donors (Lipinski definition) is 2. The summed E-state index contributed by atoms with van der Waals surface area (Å²) in [5.41, 5.74) is 8.41. The SMILES string of the molecule is CCCNC(c1ccc(OC)nn1)c1cnccc1N. The normalized spacial score (nSPS) is 12.1. The van der Waals surface area contributed by atoms with Gasteiger partial charge in [0, 0.05) is 29.7 Å². The molecule has 6 heteroatoms. The predicted octanol–water partition coefficient (Wildman–Crippen LogP) is 1.55. The smallest absolute Gasteiger partial charge is 0.233 e. The molecule has 2 heterocycles. The van der Waals surface area contributed by atoms with Crippen LogP contribution in [0, 0.1) is 0 Å². The fourth-order valence-electron chi connectivity index (χ4n) is 1.91. The van der Waals surface area contributed by atoms with Crippen LogP contribution in [0.1, 0.15) is 30.6 Å². The third-order valence-electron chi connectivity index (χ3n) is 2.96. The first kappa shape index (κ1) is 14.2. The molecular formula is C14H19N5O. The maximum atomic E-state index is 6.03. The molecule has 0 aliphatic rings. The molecule has 3 N–H and O–H groups in total. The van der Waals surface area contributed by atoms with Crippen molar-refractivity contribution in [3.8, 4) is 5.88 Å². The molecule has 2 rings (SSSR count). The van der Waals surface area contributed by atoms with E-state index in [1.165, 1.54) is 0 Å². The standard InChI is InChI=1S/C14H19N5O/c1-3-7-17-14(10-9-16-8-6-11(10)15)12-4-5-13(20-2)19-18-12/h4-6,8-9,14,17H,3,7H2,1-2H3,(H2,15,16). The van der Waals surface area contributed by atoms with E-state index in [0.717, 1.165) is 24.2 Å². The summed E-state index contributed by atoms with van der Waals surface area (Å²) < 4.78 is 5.03. The van der Waals surface area contributed by atoms with Crippen LogP contribution in [0.5, 0.6) is 5.88 Å². The molecule has 1 atom stereocenters. The van der Waals surface area contributed by atoms with Gasteiger partial charge in [-0.15, -0.1) is 10.2 Å². The maximum Gasteiger partial charge on any atom is 0.233 e. The van der Waals surface area contributed by atoms with Gasteiger partial charge in [0.15, 0.2) is 0 Å². The highest BCUT2D eigenvalue weighted by Gasteiger charge is 2.18. The Labute approximate surface area is 118 Å². The largest absolute Gasteiger partial charge is 0.480 e. The van der Waals surface area contributed by atoms with Crippen molar-refractivity contribution in [2.75, 3.05) is 19.4 Å². The van der Waals surface area contributed by atoms with Crippen LogP contribution in [0.4, 0.5) is 5.69 Å². The van der Waals surface area contributed by atoms with E-state index in [1.807, 2.05) is 6.07 Å². The van der Waals surface area contributed by atoms with Gasteiger partial charge in [-0.1, -0.05) is 6.92 Å². The van der Waals surface area contributed by atoms with Crippen LogP contribution in [-0.4, -0.2) is 28.8 Å². The van der Waals surface area contributed by atoms with Gasteiger partial charge in [0.1, 0.15) is 0 Å². The molecule has 0 aliphatic carbocycles. The van der Waals surface area contributed by atoms with Gasteiger partial charge in [-0.05, 0) is 25.1 Å². The van der Waals surface area contributed by atoms with Gasteiger partial charge in [-0.3, -0.25) is 4.98 Å². The second-order valence-electron chi connectivity index (χ2n) is 4.39. The lowest BCUT2D eigenvalue weighted by Crippen LogP contribution is -2.25. The number of nitrogen functional groups attached to an aromatic ring is 1. The van der Waals surface area contributed by atoms with Crippen molar-refractivity contribution >= 4 is 5.69 Å². The van der Waals surface area contributed by atoms with E-state index in [9.17, 15) is 0 Å². The molecule has 0 amide bonds. The molecule has 0 radical (unpaired) electrons. The number of ether oxygens (including phenoxy) is 1. The molecule has 2 aromatic heterocycles. The Morgan fingerprint density at radius 1 is 1.30 bits per heavy atom. The van der Waals surface area contributed by atoms with Crippen LogP contribution in [0.2, 0.25) is 0 Å². The van der Waals surface area contributed by atoms with Crippen molar-refractivity contribution in [2.24, 2.45) is 0 Å². The van der Waals surface area contributed by atoms with Crippen molar-refractivity contribution in [1.82, 2.24) is 20.5 Å². The summed E-state index contributed by atoms with van der Waals surface area (Å²) in [7, 11) is 1.57. The zero-order chi connectivity index (χ0) is 14.4. The highest BCUT2D eigenvalue weighted by Crippen LogP contribution is 2.24. The van der Waals surface area contributed by atoms with Crippen LogP contribution in [0.25, 0.3) is 0 Å². The Balaban J connectivity index is 2.33.